The first-order valence-electron chi connectivity index (χ1n) is 6.68. The molecule has 0 saturated carbocycles. The number of fused-ring (bicyclic) bond motifs is 1. The van der Waals surface area contributed by atoms with Gasteiger partial charge in [0.05, 0.1) is 0 Å². The van der Waals surface area contributed by atoms with E-state index in [0.717, 1.165) is 25.1 Å². The predicted octanol–water partition coefficient (Wildman–Crippen LogP) is 3.20. The summed E-state index contributed by atoms with van der Waals surface area (Å²) in [6, 6.07) is 14.5. The molecule has 0 amide bonds. The van der Waals surface area contributed by atoms with E-state index in [2.05, 4.69) is 23.5 Å². The van der Waals surface area contributed by atoms with Gasteiger partial charge in [0.1, 0.15) is 0 Å². The fourth-order valence-electron chi connectivity index (χ4n) is 2.55. The molecular weight excluding hydrogens is 234 g/mol. The fourth-order valence-corrected chi connectivity index (χ4v) is 2.55. The topological polar surface area (TPSA) is 29.1 Å². The number of ketones is 1. The maximum atomic E-state index is 11.3. The average molecular weight is 251 g/mol. The molecule has 2 nitrogen and oxygen atoms in total. The highest BCUT2D eigenvalue weighted by Crippen LogP contribution is 2.24. The van der Waals surface area contributed by atoms with E-state index in [4.69, 9.17) is 0 Å². The van der Waals surface area contributed by atoms with Crippen molar-refractivity contribution in [1.82, 2.24) is 5.32 Å². The molecule has 1 aliphatic heterocycles. The molecule has 0 bridgehead atoms. The maximum absolute atomic E-state index is 11.3. The Morgan fingerprint density at radius 1 is 1.00 bits per heavy atom. The molecule has 0 atom stereocenters. The van der Waals surface area contributed by atoms with Gasteiger partial charge in [-0.2, -0.15) is 0 Å². The SMILES string of the molecule is CC(=O)c1ccc(-c2ccc3c(c2)CCNC3)cc1. The lowest BCUT2D eigenvalue weighted by Gasteiger charge is -2.18. The lowest BCUT2D eigenvalue weighted by atomic mass is 9.95. The third kappa shape index (κ3) is 2.45. The number of hydrogen-bond acceptors (Lipinski definition) is 2. The van der Waals surface area contributed by atoms with E-state index in [1.165, 1.54) is 22.3 Å². The van der Waals surface area contributed by atoms with E-state index in [9.17, 15) is 4.79 Å². The summed E-state index contributed by atoms with van der Waals surface area (Å²) in [6.45, 7) is 3.62. The molecule has 0 aromatic heterocycles. The van der Waals surface area contributed by atoms with E-state index in [1.54, 1.807) is 6.92 Å². The van der Waals surface area contributed by atoms with Crippen molar-refractivity contribution in [3.05, 3.63) is 59.2 Å². The zero-order chi connectivity index (χ0) is 13.2. The van der Waals surface area contributed by atoms with E-state index in [0.29, 0.717) is 0 Å². The smallest absolute Gasteiger partial charge is 0.159 e. The summed E-state index contributed by atoms with van der Waals surface area (Å²) in [6.07, 6.45) is 1.09. The molecular formula is C17H17NO. The number of rotatable bonds is 2. The summed E-state index contributed by atoms with van der Waals surface area (Å²) in [5.74, 6) is 0.114. The minimum absolute atomic E-state index is 0.114. The molecule has 0 aliphatic carbocycles. The van der Waals surface area contributed by atoms with Gasteiger partial charge in [0, 0.05) is 12.1 Å². The Labute approximate surface area is 113 Å². The van der Waals surface area contributed by atoms with Crippen molar-refractivity contribution in [3.8, 4) is 11.1 Å². The number of hydrogen-bond donors (Lipinski definition) is 1. The third-order valence-electron chi connectivity index (χ3n) is 3.72. The molecule has 19 heavy (non-hydrogen) atoms. The summed E-state index contributed by atoms with van der Waals surface area (Å²) in [4.78, 5) is 11.3. The standard InChI is InChI=1S/C17H17NO/c1-12(19)13-2-4-14(5-3-13)15-6-7-17-11-18-9-8-16(17)10-15/h2-7,10,18H,8-9,11H2,1H3. The van der Waals surface area contributed by atoms with E-state index < -0.39 is 0 Å². The molecule has 2 heteroatoms. The van der Waals surface area contributed by atoms with Crippen molar-refractivity contribution < 1.29 is 4.79 Å². The van der Waals surface area contributed by atoms with Crippen LogP contribution in [0, 0.1) is 0 Å². The second-order valence-electron chi connectivity index (χ2n) is 5.04. The number of Topliss-reactive ketones (excluding diaryl/α,β-unsaturated/α-hetero) is 1. The van der Waals surface area contributed by atoms with Crippen molar-refractivity contribution in [2.24, 2.45) is 0 Å². The Bertz CT molecular complexity index is 614. The van der Waals surface area contributed by atoms with Crippen LogP contribution in [0.1, 0.15) is 28.4 Å². The summed E-state index contributed by atoms with van der Waals surface area (Å²) in [5, 5.41) is 3.38. The molecule has 3 rings (SSSR count). The Morgan fingerprint density at radius 3 is 2.47 bits per heavy atom. The van der Waals surface area contributed by atoms with Crippen molar-refractivity contribution >= 4 is 5.78 Å². The molecule has 2 aromatic carbocycles. The van der Waals surface area contributed by atoms with Crippen LogP contribution in [0.5, 0.6) is 0 Å². The van der Waals surface area contributed by atoms with Gasteiger partial charge in [0.15, 0.2) is 5.78 Å². The van der Waals surface area contributed by atoms with Gasteiger partial charge < -0.3 is 5.32 Å². The van der Waals surface area contributed by atoms with E-state index in [1.807, 2.05) is 24.3 Å². The first-order valence-corrected chi connectivity index (χ1v) is 6.68. The van der Waals surface area contributed by atoms with Crippen LogP contribution in [0.2, 0.25) is 0 Å². The van der Waals surface area contributed by atoms with Gasteiger partial charge >= 0.3 is 0 Å². The largest absolute Gasteiger partial charge is 0.312 e. The van der Waals surface area contributed by atoms with Crippen LogP contribution in [0.4, 0.5) is 0 Å². The number of benzene rings is 2. The van der Waals surface area contributed by atoms with Crippen LogP contribution in [-0.2, 0) is 13.0 Å². The zero-order valence-electron chi connectivity index (χ0n) is 11.1. The minimum atomic E-state index is 0.114. The number of nitrogens with one attached hydrogen (secondary N) is 1. The molecule has 1 heterocycles. The molecule has 0 radical (unpaired) electrons. The van der Waals surface area contributed by atoms with Gasteiger partial charge in [-0.15, -0.1) is 0 Å². The second kappa shape index (κ2) is 4.98. The van der Waals surface area contributed by atoms with Gasteiger partial charge in [-0.05, 0) is 42.1 Å². The lowest BCUT2D eigenvalue weighted by Crippen LogP contribution is -2.23. The Morgan fingerprint density at radius 2 is 1.74 bits per heavy atom. The highest BCUT2D eigenvalue weighted by atomic mass is 16.1. The monoisotopic (exact) mass is 251 g/mol. The van der Waals surface area contributed by atoms with Crippen molar-refractivity contribution in [3.63, 3.8) is 0 Å². The quantitative estimate of drug-likeness (QED) is 0.830. The number of carbonyl (C=O) groups excluding carboxylic acids is 1. The molecule has 0 fully saturated rings. The molecule has 1 aliphatic rings. The highest BCUT2D eigenvalue weighted by Gasteiger charge is 2.09. The molecule has 0 unspecified atom stereocenters. The molecule has 0 saturated heterocycles. The third-order valence-corrected chi connectivity index (χ3v) is 3.72. The minimum Gasteiger partial charge on any atom is -0.312 e. The molecule has 96 valence electrons. The van der Waals surface area contributed by atoms with Gasteiger partial charge in [-0.1, -0.05) is 42.5 Å². The van der Waals surface area contributed by atoms with Crippen LogP contribution in [0.3, 0.4) is 0 Å². The molecule has 1 N–H and O–H groups in total. The maximum Gasteiger partial charge on any atom is 0.159 e. The first-order chi connectivity index (χ1) is 9.24. The van der Waals surface area contributed by atoms with E-state index >= 15 is 0 Å². The average Bonchev–Trinajstić information content (AvgIpc) is 2.47. The van der Waals surface area contributed by atoms with Crippen molar-refractivity contribution in [2.75, 3.05) is 6.54 Å². The van der Waals surface area contributed by atoms with Crippen molar-refractivity contribution in [1.29, 1.82) is 0 Å². The Kier molecular flexibility index (Phi) is 3.18. The van der Waals surface area contributed by atoms with Crippen LogP contribution in [0.25, 0.3) is 11.1 Å². The predicted molar refractivity (Wildman–Crippen MR) is 77.3 cm³/mol. The van der Waals surface area contributed by atoms with Crippen LogP contribution < -0.4 is 5.32 Å². The van der Waals surface area contributed by atoms with Crippen LogP contribution in [-0.4, -0.2) is 12.3 Å². The van der Waals surface area contributed by atoms with Crippen LogP contribution >= 0.6 is 0 Å². The lowest BCUT2D eigenvalue weighted by molar-refractivity contribution is 0.101. The summed E-state index contributed by atoms with van der Waals surface area (Å²) in [5.41, 5.74) is 6.01. The van der Waals surface area contributed by atoms with Gasteiger partial charge in [-0.3, -0.25) is 4.79 Å². The summed E-state index contributed by atoms with van der Waals surface area (Å²) >= 11 is 0. The molecule has 2 aromatic rings. The summed E-state index contributed by atoms with van der Waals surface area (Å²) < 4.78 is 0. The second-order valence-corrected chi connectivity index (χ2v) is 5.04. The van der Waals surface area contributed by atoms with Gasteiger partial charge in [0.2, 0.25) is 0 Å². The highest BCUT2D eigenvalue weighted by molar-refractivity contribution is 5.94. The first kappa shape index (κ1) is 12.1. The van der Waals surface area contributed by atoms with Gasteiger partial charge in [-0.25, -0.2) is 0 Å². The molecule has 0 spiro atoms. The van der Waals surface area contributed by atoms with Gasteiger partial charge in [0.25, 0.3) is 0 Å². The normalized spacial score (nSPS) is 13.9. The summed E-state index contributed by atoms with van der Waals surface area (Å²) in [7, 11) is 0. The number of carbonyl (C=O) groups is 1. The zero-order valence-corrected chi connectivity index (χ0v) is 11.1. The van der Waals surface area contributed by atoms with E-state index in [-0.39, 0.29) is 5.78 Å². The fraction of sp³-hybridized carbons (Fsp3) is 0.235. The van der Waals surface area contributed by atoms with Crippen LogP contribution in [0.15, 0.2) is 42.5 Å². The van der Waals surface area contributed by atoms with Crippen molar-refractivity contribution in [2.45, 2.75) is 19.9 Å². The Hall–Kier alpha value is -1.93. The Balaban J connectivity index is 1.95.